The maximum absolute atomic E-state index is 6.20. The average molecular weight is 514 g/mol. The summed E-state index contributed by atoms with van der Waals surface area (Å²) in [5, 5.41) is 3.66. The van der Waals surface area contributed by atoms with E-state index in [-0.39, 0.29) is 6.04 Å². The topological polar surface area (TPSA) is 58.2 Å². The van der Waals surface area contributed by atoms with E-state index in [1.165, 1.54) is 57.8 Å². The van der Waals surface area contributed by atoms with Crippen LogP contribution in [0, 0.1) is 0 Å². The SMILES string of the molecule is CCCCCCCCCCCCNC1COc2ccccc2OCCOCCOc2ccccc2OC1. The van der Waals surface area contributed by atoms with Gasteiger partial charge < -0.3 is 29.0 Å². The van der Waals surface area contributed by atoms with E-state index in [9.17, 15) is 0 Å². The molecule has 0 saturated carbocycles. The van der Waals surface area contributed by atoms with Gasteiger partial charge in [-0.1, -0.05) is 89.0 Å². The molecule has 2 aromatic carbocycles. The van der Waals surface area contributed by atoms with E-state index in [4.69, 9.17) is 23.7 Å². The summed E-state index contributed by atoms with van der Waals surface area (Å²) in [6.45, 7) is 6.07. The van der Waals surface area contributed by atoms with Crippen molar-refractivity contribution in [3.05, 3.63) is 48.5 Å². The molecule has 3 rings (SSSR count). The van der Waals surface area contributed by atoms with Gasteiger partial charge in [0.05, 0.1) is 19.3 Å². The van der Waals surface area contributed by atoms with Crippen LogP contribution < -0.4 is 24.3 Å². The fourth-order valence-corrected chi connectivity index (χ4v) is 4.37. The lowest BCUT2D eigenvalue weighted by atomic mass is 10.1. The molecule has 1 N–H and O–H groups in total. The smallest absolute Gasteiger partial charge is 0.161 e. The van der Waals surface area contributed by atoms with Gasteiger partial charge >= 0.3 is 0 Å². The van der Waals surface area contributed by atoms with Gasteiger partial charge in [-0.2, -0.15) is 0 Å². The lowest BCUT2D eigenvalue weighted by Gasteiger charge is -2.22. The van der Waals surface area contributed by atoms with Crippen molar-refractivity contribution < 1.29 is 23.7 Å². The lowest BCUT2D eigenvalue weighted by Crippen LogP contribution is -2.40. The molecule has 6 heteroatoms. The van der Waals surface area contributed by atoms with Gasteiger partial charge in [0, 0.05) is 0 Å². The molecular weight excluding hydrogens is 466 g/mol. The summed E-state index contributed by atoms with van der Waals surface area (Å²) in [4.78, 5) is 0. The van der Waals surface area contributed by atoms with Crippen LogP contribution in [0.2, 0.25) is 0 Å². The van der Waals surface area contributed by atoms with Crippen LogP contribution in [-0.4, -0.2) is 52.2 Å². The highest BCUT2D eigenvalue weighted by atomic mass is 16.6. The van der Waals surface area contributed by atoms with Gasteiger partial charge in [-0.3, -0.25) is 0 Å². The largest absolute Gasteiger partial charge is 0.488 e. The van der Waals surface area contributed by atoms with Crippen molar-refractivity contribution in [2.75, 3.05) is 46.2 Å². The zero-order chi connectivity index (χ0) is 25.8. The maximum Gasteiger partial charge on any atom is 0.161 e. The summed E-state index contributed by atoms with van der Waals surface area (Å²) < 4.78 is 29.9. The van der Waals surface area contributed by atoms with E-state index >= 15 is 0 Å². The summed E-state index contributed by atoms with van der Waals surface area (Å²) in [6, 6.07) is 15.6. The molecule has 0 aliphatic carbocycles. The molecule has 0 spiro atoms. The van der Waals surface area contributed by atoms with E-state index in [1.807, 2.05) is 48.5 Å². The molecule has 206 valence electrons. The summed E-state index contributed by atoms with van der Waals surface area (Å²) in [5.41, 5.74) is 0. The van der Waals surface area contributed by atoms with Crippen LogP contribution in [0.4, 0.5) is 0 Å². The van der Waals surface area contributed by atoms with Gasteiger partial charge in [0.1, 0.15) is 26.4 Å². The van der Waals surface area contributed by atoms with E-state index in [0.29, 0.717) is 39.6 Å². The number of hydrogen-bond donors (Lipinski definition) is 1. The van der Waals surface area contributed by atoms with Gasteiger partial charge in [0.2, 0.25) is 0 Å². The molecule has 6 nitrogen and oxygen atoms in total. The minimum Gasteiger partial charge on any atom is -0.488 e. The second-order valence-corrected chi connectivity index (χ2v) is 9.66. The number of para-hydroxylation sites is 4. The predicted molar refractivity (Wildman–Crippen MR) is 149 cm³/mol. The number of fused-ring (bicyclic) bond motifs is 2. The number of ether oxygens (including phenoxy) is 5. The maximum atomic E-state index is 6.20. The van der Waals surface area contributed by atoms with Crippen molar-refractivity contribution in [2.24, 2.45) is 0 Å². The molecular formula is C31H47NO5. The van der Waals surface area contributed by atoms with Crippen molar-refractivity contribution >= 4 is 0 Å². The number of nitrogens with one attached hydrogen (secondary N) is 1. The first-order valence-corrected chi connectivity index (χ1v) is 14.4. The zero-order valence-corrected chi connectivity index (χ0v) is 22.8. The minimum atomic E-state index is 0.0379. The number of benzene rings is 2. The molecule has 1 aliphatic heterocycles. The second-order valence-electron chi connectivity index (χ2n) is 9.66. The van der Waals surface area contributed by atoms with E-state index < -0.39 is 0 Å². The lowest BCUT2D eigenvalue weighted by molar-refractivity contribution is 0.0732. The Morgan fingerprint density at radius 2 is 1.00 bits per heavy atom. The Morgan fingerprint density at radius 3 is 1.49 bits per heavy atom. The number of rotatable bonds is 12. The summed E-state index contributed by atoms with van der Waals surface area (Å²) >= 11 is 0. The molecule has 37 heavy (non-hydrogen) atoms. The molecule has 0 saturated heterocycles. The monoisotopic (exact) mass is 513 g/mol. The zero-order valence-electron chi connectivity index (χ0n) is 22.8. The van der Waals surface area contributed by atoms with Crippen molar-refractivity contribution in [2.45, 2.75) is 77.2 Å². The van der Waals surface area contributed by atoms with Gasteiger partial charge in [-0.25, -0.2) is 0 Å². The van der Waals surface area contributed by atoms with E-state index in [2.05, 4.69) is 12.2 Å². The van der Waals surface area contributed by atoms with Gasteiger partial charge in [0.15, 0.2) is 23.0 Å². The molecule has 0 aromatic heterocycles. The highest BCUT2D eigenvalue weighted by molar-refractivity contribution is 5.40. The normalized spacial score (nSPS) is 15.4. The van der Waals surface area contributed by atoms with Gasteiger partial charge in [0.25, 0.3) is 0 Å². The minimum absolute atomic E-state index is 0.0379. The summed E-state index contributed by atoms with van der Waals surface area (Å²) in [5.74, 6) is 2.94. The van der Waals surface area contributed by atoms with Crippen LogP contribution in [-0.2, 0) is 4.74 Å². The molecule has 2 aromatic rings. The molecule has 0 bridgehead atoms. The van der Waals surface area contributed by atoms with Gasteiger partial charge in [-0.15, -0.1) is 0 Å². The highest BCUT2D eigenvalue weighted by Gasteiger charge is 2.14. The molecule has 0 fully saturated rings. The van der Waals surface area contributed by atoms with Crippen molar-refractivity contribution in [1.82, 2.24) is 5.32 Å². The molecule has 0 atom stereocenters. The third kappa shape index (κ3) is 12.1. The molecule has 1 heterocycles. The Hall–Kier alpha value is -2.44. The summed E-state index contributed by atoms with van der Waals surface area (Å²) in [7, 11) is 0. The van der Waals surface area contributed by atoms with Crippen LogP contribution >= 0.6 is 0 Å². The Labute approximate surface area is 224 Å². The number of unbranched alkanes of at least 4 members (excludes halogenated alkanes) is 9. The highest BCUT2D eigenvalue weighted by Crippen LogP contribution is 2.28. The average Bonchev–Trinajstić information content (AvgIpc) is 2.92. The van der Waals surface area contributed by atoms with Crippen LogP contribution in [0.1, 0.15) is 71.1 Å². The van der Waals surface area contributed by atoms with Crippen LogP contribution in [0.3, 0.4) is 0 Å². The molecule has 0 amide bonds. The standard InChI is InChI=1S/C31H47NO5/c1-2-3-4-5-6-7-8-9-10-15-20-32-27-25-36-30-18-13-11-16-28(30)34-23-21-33-22-24-35-29-17-12-14-19-31(29)37-26-27/h11-14,16-19,27,32H,2-10,15,20-26H2,1H3. The first-order valence-electron chi connectivity index (χ1n) is 14.4. The van der Waals surface area contributed by atoms with Gasteiger partial charge in [-0.05, 0) is 37.2 Å². The molecule has 1 aliphatic rings. The first-order chi connectivity index (χ1) is 18.4. The Balaban J connectivity index is 1.49. The molecule has 0 unspecified atom stereocenters. The van der Waals surface area contributed by atoms with Crippen molar-refractivity contribution in [3.8, 4) is 23.0 Å². The van der Waals surface area contributed by atoms with Crippen LogP contribution in [0.5, 0.6) is 23.0 Å². The first kappa shape index (κ1) is 29.1. The Morgan fingerprint density at radius 1 is 0.568 bits per heavy atom. The third-order valence-electron chi connectivity index (χ3n) is 6.51. The van der Waals surface area contributed by atoms with Crippen LogP contribution in [0.25, 0.3) is 0 Å². The van der Waals surface area contributed by atoms with Crippen molar-refractivity contribution in [1.29, 1.82) is 0 Å². The molecule has 0 radical (unpaired) electrons. The quantitative estimate of drug-likeness (QED) is 0.315. The fourth-order valence-electron chi connectivity index (χ4n) is 4.37. The fraction of sp³-hybridized carbons (Fsp3) is 0.613. The predicted octanol–water partition coefficient (Wildman–Crippen LogP) is 6.81. The Bertz CT molecular complexity index is 790. The Kier molecular flexibility index (Phi) is 14.8. The number of hydrogen-bond acceptors (Lipinski definition) is 6. The third-order valence-corrected chi connectivity index (χ3v) is 6.51. The van der Waals surface area contributed by atoms with Crippen molar-refractivity contribution in [3.63, 3.8) is 0 Å². The summed E-state index contributed by atoms with van der Waals surface area (Å²) in [6.07, 6.45) is 13.3. The second kappa shape index (κ2) is 18.8. The van der Waals surface area contributed by atoms with Crippen LogP contribution in [0.15, 0.2) is 48.5 Å². The van der Waals surface area contributed by atoms with E-state index in [1.54, 1.807) is 0 Å². The van der Waals surface area contributed by atoms with E-state index in [0.717, 1.165) is 36.0 Å².